The van der Waals surface area contributed by atoms with Gasteiger partial charge < -0.3 is 9.64 Å². The van der Waals surface area contributed by atoms with E-state index < -0.39 is 0 Å². The molecule has 0 amide bonds. The molecule has 126 valence electrons. The summed E-state index contributed by atoms with van der Waals surface area (Å²) in [6.45, 7) is 4.07. The lowest BCUT2D eigenvalue weighted by Gasteiger charge is -2.13. The number of ether oxygens (including phenoxy) is 1. The zero-order valence-electron chi connectivity index (χ0n) is 14.0. The number of aliphatic imine (C=N–C) groups is 1. The molecule has 1 aliphatic rings. The molecular formula is C19H20BrClN2O. The van der Waals surface area contributed by atoms with E-state index in [1.54, 1.807) is 6.07 Å². The van der Waals surface area contributed by atoms with Crippen molar-refractivity contribution in [1.82, 2.24) is 4.90 Å². The maximum Gasteiger partial charge on any atom is 0.130 e. The summed E-state index contributed by atoms with van der Waals surface area (Å²) in [4.78, 5) is 6.80. The molecule has 0 saturated heterocycles. The molecule has 1 saturated carbocycles. The third-order valence-corrected chi connectivity index (χ3v) is 5.35. The Morgan fingerprint density at radius 1 is 1.21 bits per heavy atom. The highest BCUT2D eigenvalue weighted by Gasteiger charge is 2.24. The van der Waals surface area contributed by atoms with Gasteiger partial charge in [0, 0.05) is 23.6 Å². The van der Waals surface area contributed by atoms with Crippen LogP contribution in [0.3, 0.4) is 0 Å². The van der Waals surface area contributed by atoms with Crippen LogP contribution in [-0.4, -0.2) is 24.3 Å². The van der Waals surface area contributed by atoms with E-state index in [4.69, 9.17) is 16.3 Å². The lowest BCUT2D eigenvalue weighted by atomic mass is 10.1. The van der Waals surface area contributed by atoms with Crippen LogP contribution in [0.15, 0.2) is 39.8 Å². The van der Waals surface area contributed by atoms with E-state index in [2.05, 4.69) is 38.9 Å². The number of aryl methyl sites for hydroxylation is 2. The lowest BCUT2D eigenvalue weighted by molar-refractivity contribution is 0.478. The first-order valence-corrected chi connectivity index (χ1v) is 9.11. The molecule has 3 nitrogen and oxygen atoms in total. The van der Waals surface area contributed by atoms with Crippen molar-refractivity contribution in [2.24, 2.45) is 4.99 Å². The molecule has 0 aromatic heterocycles. The van der Waals surface area contributed by atoms with E-state index in [9.17, 15) is 0 Å². The maximum absolute atomic E-state index is 6.13. The average molecular weight is 408 g/mol. The lowest BCUT2D eigenvalue weighted by Crippen LogP contribution is -2.17. The Morgan fingerprint density at radius 2 is 1.96 bits per heavy atom. The van der Waals surface area contributed by atoms with Crippen molar-refractivity contribution in [2.75, 3.05) is 7.05 Å². The number of halogens is 2. The van der Waals surface area contributed by atoms with Gasteiger partial charge in [-0.15, -0.1) is 0 Å². The second-order valence-corrected chi connectivity index (χ2v) is 7.48. The van der Waals surface area contributed by atoms with Gasteiger partial charge in [-0.1, -0.05) is 11.6 Å². The van der Waals surface area contributed by atoms with E-state index in [-0.39, 0.29) is 0 Å². The van der Waals surface area contributed by atoms with Gasteiger partial charge in [-0.05, 0) is 78.0 Å². The summed E-state index contributed by atoms with van der Waals surface area (Å²) < 4.78 is 6.84. The molecule has 0 radical (unpaired) electrons. The van der Waals surface area contributed by atoms with E-state index in [1.807, 2.05) is 38.4 Å². The average Bonchev–Trinajstić information content (AvgIpc) is 3.37. The van der Waals surface area contributed by atoms with Gasteiger partial charge in [0.1, 0.15) is 11.5 Å². The Kier molecular flexibility index (Phi) is 5.16. The molecule has 2 aromatic carbocycles. The van der Waals surface area contributed by atoms with Gasteiger partial charge in [0.25, 0.3) is 0 Å². The van der Waals surface area contributed by atoms with Crippen LogP contribution in [0.25, 0.3) is 0 Å². The summed E-state index contributed by atoms with van der Waals surface area (Å²) in [6, 6.07) is 10.3. The summed E-state index contributed by atoms with van der Waals surface area (Å²) >= 11 is 9.51. The number of nitrogens with zero attached hydrogens (tertiary/aromatic N) is 2. The fraction of sp³-hybridized carbons (Fsp3) is 0.316. The van der Waals surface area contributed by atoms with Gasteiger partial charge >= 0.3 is 0 Å². The monoisotopic (exact) mass is 406 g/mol. The van der Waals surface area contributed by atoms with Crippen LogP contribution in [0.5, 0.6) is 11.5 Å². The number of hydrogen-bond donors (Lipinski definition) is 0. The first-order valence-electron chi connectivity index (χ1n) is 7.94. The SMILES string of the molecule is Cc1cc(Oc2ccc(Br)c(Cl)c2)c(C)cc1N=CN(C)C1CC1. The van der Waals surface area contributed by atoms with Crippen LogP contribution in [-0.2, 0) is 0 Å². The zero-order chi connectivity index (χ0) is 17.3. The Labute approximate surface area is 156 Å². The van der Waals surface area contributed by atoms with Gasteiger partial charge in [0.2, 0.25) is 0 Å². The molecule has 3 rings (SSSR count). The van der Waals surface area contributed by atoms with Crippen molar-refractivity contribution in [3.05, 3.63) is 51.0 Å². The van der Waals surface area contributed by atoms with Crippen LogP contribution in [0.4, 0.5) is 5.69 Å². The number of benzene rings is 2. The minimum absolute atomic E-state index is 0.631. The van der Waals surface area contributed by atoms with Crippen molar-refractivity contribution < 1.29 is 4.74 Å². The van der Waals surface area contributed by atoms with Crippen LogP contribution in [0.1, 0.15) is 24.0 Å². The Morgan fingerprint density at radius 3 is 2.62 bits per heavy atom. The van der Waals surface area contributed by atoms with Crippen LogP contribution in [0.2, 0.25) is 5.02 Å². The number of rotatable bonds is 5. The van der Waals surface area contributed by atoms with Crippen molar-refractivity contribution in [3.63, 3.8) is 0 Å². The normalized spacial score (nSPS) is 14.2. The van der Waals surface area contributed by atoms with Crippen LogP contribution < -0.4 is 4.74 Å². The first-order chi connectivity index (χ1) is 11.4. The molecule has 5 heteroatoms. The highest BCUT2D eigenvalue weighted by atomic mass is 79.9. The van der Waals surface area contributed by atoms with Gasteiger partial charge in [0.15, 0.2) is 0 Å². The van der Waals surface area contributed by atoms with Crippen LogP contribution in [0, 0.1) is 13.8 Å². The van der Waals surface area contributed by atoms with Crippen molar-refractivity contribution in [1.29, 1.82) is 0 Å². The highest BCUT2D eigenvalue weighted by molar-refractivity contribution is 9.10. The minimum Gasteiger partial charge on any atom is -0.457 e. The molecule has 1 aliphatic carbocycles. The quantitative estimate of drug-likeness (QED) is 0.431. The Hall–Kier alpha value is -1.52. The van der Waals surface area contributed by atoms with Crippen molar-refractivity contribution in [2.45, 2.75) is 32.7 Å². The summed E-state index contributed by atoms with van der Waals surface area (Å²) in [6.07, 6.45) is 4.46. The molecule has 24 heavy (non-hydrogen) atoms. The molecule has 0 bridgehead atoms. The summed E-state index contributed by atoms with van der Waals surface area (Å²) in [7, 11) is 2.08. The highest BCUT2D eigenvalue weighted by Crippen LogP contribution is 2.34. The fourth-order valence-electron chi connectivity index (χ4n) is 2.42. The third-order valence-electron chi connectivity index (χ3n) is 4.11. The second kappa shape index (κ2) is 7.16. The molecule has 2 aromatic rings. The van der Waals surface area contributed by atoms with Crippen molar-refractivity contribution >= 4 is 39.6 Å². The van der Waals surface area contributed by atoms with Gasteiger partial charge in [-0.3, -0.25) is 0 Å². The Balaban J connectivity index is 1.79. The second-order valence-electron chi connectivity index (χ2n) is 6.22. The topological polar surface area (TPSA) is 24.8 Å². The minimum atomic E-state index is 0.631. The van der Waals surface area contributed by atoms with Gasteiger partial charge in [-0.25, -0.2) is 4.99 Å². The summed E-state index contributed by atoms with van der Waals surface area (Å²) in [5, 5.41) is 0.631. The largest absolute Gasteiger partial charge is 0.457 e. The van der Waals surface area contributed by atoms with Crippen LogP contribution >= 0.6 is 27.5 Å². The zero-order valence-corrected chi connectivity index (χ0v) is 16.4. The van der Waals surface area contributed by atoms with E-state index in [1.165, 1.54) is 12.8 Å². The fourth-order valence-corrected chi connectivity index (χ4v) is 2.84. The molecule has 1 fully saturated rings. The van der Waals surface area contributed by atoms with Gasteiger partial charge in [0.05, 0.1) is 17.0 Å². The first kappa shape index (κ1) is 17.3. The maximum atomic E-state index is 6.13. The van der Waals surface area contributed by atoms with E-state index >= 15 is 0 Å². The van der Waals surface area contributed by atoms with E-state index in [0.29, 0.717) is 11.1 Å². The summed E-state index contributed by atoms with van der Waals surface area (Å²) in [5.74, 6) is 1.54. The molecule has 0 spiro atoms. The molecular weight excluding hydrogens is 388 g/mol. The van der Waals surface area contributed by atoms with Crippen molar-refractivity contribution in [3.8, 4) is 11.5 Å². The molecule has 0 aliphatic heterocycles. The molecule has 0 heterocycles. The predicted octanol–water partition coefficient (Wildman–Crippen LogP) is 6.27. The summed E-state index contributed by atoms with van der Waals surface area (Å²) in [5.41, 5.74) is 3.10. The predicted molar refractivity (Wildman–Crippen MR) is 104 cm³/mol. The Bertz CT molecular complexity index is 787. The third kappa shape index (κ3) is 4.11. The van der Waals surface area contributed by atoms with E-state index in [0.717, 1.165) is 32.8 Å². The number of hydrogen-bond acceptors (Lipinski definition) is 2. The molecule has 0 unspecified atom stereocenters. The standard InChI is InChI=1S/C19H20BrClN2O/c1-12-9-19(24-15-6-7-16(20)17(21)10-15)13(2)8-18(12)22-11-23(3)14-4-5-14/h6-11,14H,4-5H2,1-3H3. The molecule has 0 N–H and O–H groups in total. The molecule has 0 atom stereocenters. The smallest absolute Gasteiger partial charge is 0.130 e. The van der Waals surface area contributed by atoms with Gasteiger partial charge in [-0.2, -0.15) is 0 Å².